The minimum atomic E-state index is -3.01. The molecule has 1 N–H and O–H groups in total. The van der Waals surface area contributed by atoms with E-state index in [1.165, 1.54) is 0 Å². The predicted octanol–water partition coefficient (Wildman–Crippen LogP) is 1.10. The molecule has 5 heteroatoms. The van der Waals surface area contributed by atoms with E-state index in [0.717, 1.165) is 0 Å². The first-order valence-electron chi connectivity index (χ1n) is 0.721. The van der Waals surface area contributed by atoms with Crippen LogP contribution < -0.4 is 0 Å². The lowest BCUT2D eigenvalue weighted by Crippen LogP contribution is -1.78. The smallest absolute Gasteiger partial charge is 0.0647 e. The van der Waals surface area contributed by atoms with Gasteiger partial charge in [0.1, 0.15) is 0 Å². The van der Waals surface area contributed by atoms with Gasteiger partial charge in [0.25, 0.3) is 0 Å². The Morgan fingerprint density at radius 2 is 1.60 bits per heavy atom. The topological polar surface area (TPSA) is 37.3 Å². The summed E-state index contributed by atoms with van der Waals surface area (Å²) in [6.45, 7) is 0. The highest BCUT2D eigenvalue weighted by molar-refractivity contribution is 9.81. The van der Waals surface area contributed by atoms with Crippen LogP contribution in [0.5, 0.6) is 0 Å². The van der Waals surface area contributed by atoms with Crippen molar-refractivity contribution in [1.29, 1.82) is 0 Å². The number of hydrogen-bond acceptors (Lipinski definition) is 1. The molecule has 0 aromatic heterocycles. The summed E-state index contributed by atoms with van der Waals surface area (Å²) in [6.07, 6.45) is 0. The lowest BCUT2D eigenvalue weighted by molar-refractivity contribution is 0.578. The molecule has 0 radical (unpaired) electrons. The second-order valence-corrected chi connectivity index (χ2v) is 9.93. The lowest BCUT2D eigenvalue weighted by Gasteiger charge is -1.96. The van der Waals surface area contributed by atoms with Crippen LogP contribution in [0.15, 0.2) is 0 Å². The number of thiol groups is 1. The van der Waals surface area contributed by atoms with Crippen LogP contribution in [0.4, 0.5) is 0 Å². The fourth-order valence-corrected chi connectivity index (χ4v) is 0. The third-order valence-electron chi connectivity index (χ3n) is 0. The van der Waals surface area contributed by atoms with E-state index in [-0.39, 0.29) is 0 Å². The molecule has 2 nitrogen and oxygen atoms in total. The summed E-state index contributed by atoms with van der Waals surface area (Å²) in [5.74, 6) is 0. The Labute approximate surface area is 45.6 Å². The van der Waals surface area contributed by atoms with E-state index in [1.807, 2.05) is 0 Å². The fraction of sp³-hybridized carbons (Fsp3) is 0. The molecule has 0 heterocycles. The van der Waals surface area contributed by atoms with E-state index in [0.29, 0.717) is 0 Å². The van der Waals surface area contributed by atoms with Gasteiger partial charge in [0.2, 0.25) is 0 Å². The van der Waals surface area contributed by atoms with Crippen molar-refractivity contribution in [2.75, 3.05) is 0 Å². The standard InChI is InChI=1S/Br2H2O2S/c1-5(2,3)4/h5H,(H,3,4). The summed E-state index contributed by atoms with van der Waals surface area (Å²) in [5.41, 5.74) is 0. The van der Waals surface area contributed by atoms with Gasteiger partial charge in [-0.1, -0.05) is 7.08 Å². The van der Waals surface area contributed by atoms with E-state index in [4.69, 9.17) is 4.55 Å². The maximum atomic E-state index is 9.60. The molecule has 0 rings (SSSR count). The van der Waals surface area contributed by atoms with Crippen molar-refractivity contribution in [1.82, 2.24) is 0 Å². The van der Waals surface area contributed by atoms with Gasteiger partial charge < -0.3 is 0 Å². The van der Waals surface area contributed by atoms with Gasteiger partial charge in [-0.3, -0.25) is 4.55 Å². The molecule has 0 unspecified atom stereocenters. The molecular formula is H2Br2O2S. The average Bonchev–Trinajstić information content (AvgIpc) is 0.722. The van der Waals surface area contributed by atoms with E-state index >= 15 is 0 Å². The van der Waals surface area contributed by atoms with Gasteiger partial charge in [-0.05, 0) is 0 Å². The first-order chi connectivity index (χ1) is 2.00. The molecule has 34 valence electrons. The molecular weight excluding hydrogens is 224 g/mol. The van der Waals surface area contributed by atoms with Crippen molar-refractivity contribution in [3.8, 4) is 0 Å². The van der Waals surface area contributed by atoms with Gasteiger partial charge in [-0.2, -0.15) is 4.21 Å². The highest BCUT2D eigenvalue weighted by Gasteiger charge is 1.80. The van der Waals surface area contributed by atoms with E-state index < -0.39 is 7.08 Å². The SMILES string of the molecule is O=[SH](O)(Br)Br. The van der Waals surface area contributed by atoms with E-state index in [1.54, 1.807) is 0 Å². The summed E-state index contributed by atoms with van der Waals surface area (Å²) < 4.78 is 17.5. The van der Waals surface area contributed by atoms with Crippen molar-refractivity contribution < 1.29 is 8.76 Å². The third kappa shape index (κ3) is 41.7. The Morgan fingerprint density at radius 3 is 1.60 bits per heavy atom. The van der Waals surface area contributed by atoms with Crippen molar-refractivity contribution in [3.63, 3.8) is 0 Å². The largest absolute Gasteiger partial charge is 0.287 e. The molecule has 0 aromatic rings. The Balaban J connectivity index is 3.47. The number of halogens is 2. The Kier molecular flexibility index (Phi) is 2.04. The molecule has 0 fully saturated rings. The first kappa shape index (κ1) is 6.07. The van der Waals surface area contributed by atoms with Crippen molar-refractivity contribution in [3.05, 3.63) is 0 Å². The molecule has 0 bridgehead atoms. The monoisotopic (exact) mass is 224 g/mol. The van der Waals surface area contributed by atoms with Gasteiger partial charge in [-0.25, -0.2) is 0 Å². The predicted molar refractivity (Wildman–Crippen MR) is 30.0 cm³/mol. The van der Waals surface area contributed by atoms with Crippen molar-refractivity contribution in [2.24, 2.45) is 0 Å². The zero-order chi connectivity index (χ0) is 4.50. The second kappa shape index (κ2) is 1.68. The van der Waals surface area contributed by atoms with Gasteiger partial charge in [0.15, 0.2) is 0 Å². The van der Waals surface area contributed by atoms with Crippen LogP contribution in [0.1, 0.15) is 0 Å². The van der Waals surface area contributed by atoms with Crippen LogP contribution in [0.2, 0.25) is 0 Å². The summed E-state index contributed by atoms with van der Waals surface area (Å²) in [4.78, 5) is 0. The van der Waals surface area contributed by atoms with Gasteiger partial charge in [-0.15, -0.1) is 0 Å². The minimum absolute atomic E-state index is 2.40. The molecule has 0 aliphatic heterocycles. The zero-order valence-electron chi connectivity index (χ0n) is 2.06. The highest BCUT2D eigenvalue weighted by atomic mass is 79.9. The molecule has 0 aliphatic rings. The molecule has 0 aromatic carbocycles. The van der Waals surface area contributed by atoms with Crippen LogP contribution >= 0.6 is 29.6 Å². The van der Waals surface area contributed by atoms with Crippen LogP contribution in [-0.2, 0) is 7.08 Å². The Morgan fingerprint density at radius 1 is 1.60 bits per heavy atom. The van der Waals surface area contributed by atoms with Crippen LogP contribution in [0.25, 0.3) is 0 Å². The summed E-state index contributed by atoms with van der Waals surface area (Å²) >= 11 is 4.81. The van der Waals surface area contributed by atoms with Crippen molar-refractivity contribution in [2.45, 2.75) is 0 Å². The third-order valence-corrected chi connectivity index (χ3v) is 0. The molecule has 0 saturated heterocycles. The molecule has 0 aliphatic carbocycles. The van der Waals surface area contributed by atoms with E-state index in [9.17, 15) is 4.21 Å². The summed E-state index contributed by atoms with van der Waals surface area (Å²) in [7, 11) is -3.01. The van der Waals surface area contributed by atoms with Crippen molar-refractivity contribution >= 4 is 36.7 Å². The van der Waals surface area contributed by atoms with E-state index in [2.05, 4.69) is 29.6 Å². The normalized spacial score (nSPS) is 15.0. The van der Waals surface area contributed by atoms with Gasteiger partial charge >= 0.3 is 0 Å². The maximum Gasteiger partial charge on any atom is 0.0647 e. The fourth-order valence-electron chi connectivity index (χ4n) is 0. The minimum Gasteiger partial charge on any atom is -0.287 e. The number of hydrogen-bond donors (Lipinski definition) is 2. The summed E-state index contributed by atoms with van der Waals surface area (Å²) in [6, 6.07) is 0. The molecule has 0 spiro atoms. The molecule has 0 amide bonds. The highest BCUT2D eigenvalue weighted by Crippen LogP contribution is 2.15. The zero-order valence-corrected chi connectivity index (χ0v) is 6.13. The maximum absolute atomic E-state index is 9.60. The number of rotatable bonds is 0. The summed E-state index contributed by atoms with van der Waals surface area (Å²) in [5, 5.41) is 0. The van der Waals surface area contributed by atoms with Crippen LogP contribution in [0, 0.1) is 0 Å². The van der Waals surface area contributed by atoms with Gasteiger partial charge in [0, 0.05) is 0 Å². The quantitative estimate of drug-likeness (QED) is 0.479. The van der Waals surface area contributed by atoms with Crippen LogP contribution in [0.3, 0.4) is 0 Å². The molecule has 0 atom stereocenters. The molecule has 5 heavy (non-hydrogen) atoms. The second-order valence-electron chi connectivity index (χ2n) is 0.435. The Hall–Kier alpha value is 1.07. The molecule has 0 saturated carbocycles. The Bertz CT molecular complexity index is 53.8. The van der Waals surface area contributed by atoms with Gasteiger partial charge in [0.05, 0.1) is 29.6 Å². The first-order valence-corrected chi connectivity index (χ1v) is 6.42. The van der Waals surface area contributed by atoms with Crippen LogP contribution in [-0.4, -0.2) is 8.76 Å². The lowest BCUT2D eigenvalue weighted by atomic mass is 15.9. The average molecular weight is 226 g/mol.